The fourth-order valence-electron chi connectivity index (χ4n) is 3.45. The molecule has 138 valence electrons. The number of imidazole rings is 1. The van der Waals surface area contributed by atoms with Gasteiger partial charge in [0.25, 0.3) is 5.91 Å². The van der Waals surface area contributed by atoms with Crippen molar-refractivity contribution in [3.63, 3.8) is 0 Å². The van der Waals surface area contributed by atoms with Crippen molar-refractivity contribution in [2.24, 2.45) is 0 Å². The Morgan fingerprint density at radius 2 is 1.96 bits per heavy atom. The third-order valence-corrected chi connectivity index (χ3v) is 4.87. The summed E-state index contributed by atoms with van der Waals surface area (Å²) < 4.78 is 30.7. The zero-order chi connectivity index (χ0) is 18.9. The van der Waals surface area contributed by atoms with Gasteiger partial charge in [0, 0.05) is 48.0 Å². The van der Waals surface area contributed by atoms with Crippen molar-refractivity contribution in [2.45, 2.75) is 31.2 Å². The highest BCUT2D eigenvalue weighted by Gasteiger charge is 2.41. The first kappa shape index (κ1) is 17.3. The fourth-order valence-corrected chi connectivity index (χ4v) is 3.45. The van der Waals surface area contributed by atoms with Crippen molar-refractivity contribution in [1.29, 1.82) is 0 Å². The van der Waals surface area contributed by atoms with E-state index in [0.717, 1.165) is 36.8 Å². The van der Waals surface area contributed by atoms with Gasteiger partial charge in [-0.1, -0.05) is 12.1 Å². The molecule has 0 saturated carbocycles. The van der Waals surface area contributed by atoms with Gasteiger partial charge in [0.2, 0.25) is 0 Å². The number of nitrogens with one attached hydrogen (secondary N) is 1. The summed E-state index contributed by atoms with van der Waals surface area (Å²) in [5.74, 6) is -4.80. The van der Waals surface area contributed by atoms with Crippen LogP contribution in [-0.2, 0) is 17.3 Å². The largest absolute Gasteiger partial charge is 0.351 e. The van der Waals surface area contributed by atoms with Crippen LogP contribution in [0.5, 0.6) is 0 Å². The minimum Gasteiger partial charge on any atom is -0.334 e. The number of rotatable bonds is 4. The first-order valence-corrected chi connectivity index (χ1v) is 8.75. The molecule has 1 N–H and O–H groups in total. The molecule has 3 heterocycles. The summed E-state index contributed by atoms with van der Waals surface area (Å²) in [6.45, 7) is 0.962. The van der Waals surface area contributed by atoms with Gasteiger partial charge in [-0.05, 0) is 42.7 Å². The lowest BCUT2D eigenvalue weighted by Crippen LogP contribution is -2.32. The number of fused-ring (bicyclic) bond motifs is 1. The summed E-state index contributed by atoms with van der Waals surface area (Å²) in [5, 5.41) is 2.29. The van der Waals surface area contributed by atoms with E-state index in [1.165, 1.54) is 18.3 Å². The molecule has 3 aromatic rings. The quantitative estimate of drug-likeness (QED) is 0.759. The van der Waals surface area contributed by atoms with E-state index in [2.05, 4.69) is 19.9 Å². The first-order chi connectivity index (χ1) is 13.1. The minimum absolute atomic E-state index is 0.225. The van der Waals surface area contributed by atoms with Gasteiger partial charge in [0.15, 0.2) is 0 Å². The molecule has 1 aromatic carbocycles. The van der Waals surface area contributed by atoms with E-state index >= 15 is 0 Å². The van der Waals surface area contributed by atoms with Crippen LogP contribution >= 0.6 is 0 Å². The Morgan fingerprint density at radius 3 is 2.70 bits per heavy atom. The van der Waals surface area contributed by atoms with Gasteiger partial charge >= 0.3 is 5.92 Å². The average molecular weight is 368 g/mol. The molecule has 0 fully saturated rings. The van der Waals surface area contributed by atoms with Crippen molar-refractivity contribution in [3.8, 4) is 0 Å². The van der Waals surface area contributed by atoms with Crippen molar-refractivity contribution in [1.82, 2.24) is 14.5 Å². The van der Waals surface area contributed by atoms with E-state index < -0.39 is 17.4 Å². The Labute approximate surface area is 155 Å². The minimum atomic E-state index is -3.65. The summed E-state index contributed by atoms with van der Waals surface area (Å²) in [7, 11) is 0. The molecule has 1 atom stereocenters. The molecule has 4 rings (SSSR count). The lowest BCUT2D eigenvalue weighted by atomic mass is 9.89. The van der Waals surface area contributed by atoms with E-state index in [-0.39, 0.29) is 5.92 Å². The Balaban J connectivity index is 1.50. The standard InChI is InChI=1S/C20H18F2N4O/c21-20(22,15-3-1-9-23-11-15)19(27)25-16-7-5-14(6-8-16)17-4-2-10-26-13-24-12-18(17)26/h1,3,5-9,11-13,17H,2,4,10H2,(H,25,27)/t17-/m1/s1. The number of alkyl halides is 2. The van der Waals surface area contributed by atoms with Crippen LogP contribution in [-0.4, -0.2) is 20.4 Å². The second-order valence-electron chi connectivity index (χ2n) is 6.60. The van der Waals surface area contributed by atoms with E-state index in [1.807, 2.05) is 24.7 Å². The van der Waals surface area contributed by atoms with Gasteiger partial charge in [-0.25, -0.2) is 4.98 Å². The number of aromatic nitrogens is 3. The van der Waals surface area contributed by atoms with E-state index in [0.29, 0.717) is 5.69 Å². The molecule has 0 bridgehead atoms. The van der Waals surface area contributed by atoms with E-state index in [1.54, 1.807) is 12.1 Å². The number of pyridine rings is 1. The number of hydrogen-bond donors (Lipinski definition) is 1. The molecule has 0 spiro atoms. The van der Waals surface area contributed by atoms with Gasteiger partial charge in [-0.15, -0.1) is 0 Å². The Morgan fingerprint density at radius 1 is 1.15 bits per heavy atom. The Kier molecular flexibility index (Phi) is 4.43. The predicted octanol–water partition coefficient (Wildman–Crippen LogP) is 3.93. The second kappa shape index (κ2) is 6.90. The molecule has 0 aliphatic carbocycles. The van der Waals surface area contributed by atoms with Crippen molar-refractivity contribution in [3.05, 3.63) is 78.1 Å². The third-order valence-electron chi connectivity index (χ3n) is 4.87. The molecule has 5 nitrogen and oxygen atoms in total. The van der Waals surface area contributed by atoms with Crippen LogP contribution in [0.3, 0.4) is 0 Å². The summed E-state index contributed by atoms with van der Waals surface area (Å²) in [4.78, 5) is 19.9. The van der Waals surface area contributed by atoms with Crippen LogP contribution < -0.4 is 5.32 Å². The van der Waals surface area contributed by atoms with Crippen LogP contribution in [0.1, 0.15) is 35.6 Å². The number of anilines is 1. The number of amides is 1. The highest BCUT2D eigenvalue weighted by molar-refractivity contribution is 5.96. The van der Waals surface area contributed by atoms with Crippen molar-refractivity contribution < 1.29 is 13.6 Å². The number of carbonyl (C=O) groups excluding carboxylic acids is 1. The SMILES string of the molecule is O=C(Nc1ccc([C@H]2CCCn3cncc32)cc1)C(F)(F)c1cccnc1. The molecule has 1 aliphatic heterocycles. The summed E-state index contributed by atoms with van der Waals surface area (Å²) in [6.07, 6.45) is 8.15. The van der Waals surface area contributed by atoms with Gasteiger partial charge in [-0.2, -0.15) is 8.78 Å². The highest BCUT2D eigenvalue weighted by atomic mass is 19.3. The highest BCUT2D eigenvalue weighted by Crippen LogP contribution is 2.34. The molecule has 0 unspecified atom stereocenters. The fraction of sp³-hybridized carbons (Fsp3) is 0.250. The van der Waals surface area contributed by atoms with Gasteiger partial charge in [0.1, 0.15) is 0 Å². The van der Waals surface area contributed by atoms with Gasteiger partial charge in [0.05, 0.1) is 6.33 Å². The number of carbonyl (C=O) groups is 1. The van der Waals surface area contributed by atoms with Crippen molar-refractivity contribution >= 4 is 11.6 Å². The Hall–Kier alpha value is -3.09. The smallest absolute Gasteiger partial charge is 0.334 e. The molecule has 27 heavy (non-hydrogen) atoms. The lowest BCUT2D eigenvalue weighted by molar-refractivity contribution is -0.141. The summed E-state index contributed by atoms with van der Waals surface area (Å²) in [5.41, 5.74) is 2.13. The van der Waals surface area contributed by atoms with Crippen molar-refractivity contribution in [2.75, 3.05) is 5.32 Å². The van der Waals surface area contributed by atoms with Crippen LogP contribution in [0.4, 0.5) is 14.5 Å². The molecular formula is C20H18F2N4O. The van der Waals surface area contributed by atoms with Crippen LogP contribution in [0.25, 0.3) is 0 Å². The maximum absolute atomic E-state index is 14.3. The topological polar surface area (TPSA) is 59.8 Å². The third kappa shape index (κ3) is 3.32. The number of aryl methyl sites for hydroxylation is 1. The molecule has 1 amide bonds. The molecule has 1 aliphatic rings. The summed E-state index contributed by atoms with van der Waals surface area (Å²) in [6, 6.07) is 9.60. The van der Waals surface area contributed by atoms with E-state index in [9.17, 15) is 13.6 Å². The first-order valence-electron chi connectivity index (χ1n) is 8.75. The molecule has 0 saturated heterocycles. The number of nitrogens with zero attached hydrogens (tertiary/aromatic N) is 3. The molecule has 0 radical (unpaired) electrons. The monoisotopic (exact) mass is 368 g/mol. The normalized spacial score (nSPS) is 16.6. The number of benzene rings is 1. The maximum Gasteiger partial charge on any atom is 0.351 e. The molecule has 7 heteroatoms. The zero-order valence-electron chi connectivity index (χ0n) is 14.5. The van der Waals surface area contributed by atoms with Gasteiger partial charge in [-0.3, -0.25) is 9.78 Å². The summed E-state index contributed by atoms with van der Waals surface area (Å²) >= 11 is 0. The average Bonchev–Trinajstić information content (AvgIpc) is 3.18. The lowest BCUT2D eigenvalue weighted by Gasteiger charge is -2.24. The predicted molar refractivity (Wildman–Crippen MR) is 96.5 cm³/mol. The maximum atomic E-state index is 14.3. The zero-order valence-corrected chi connectivity index (χ0v) is 14.5. The molecule has 2 aromatic heterocycles. The second-order valence-corrected chi connectivity index (χ2v) is 6.60. The van der Waals surface area contributed by atoms with Gasteiger partial charge < -0.3 is 9.88 Å². The van der Waals surface area contributed by atoms with Crippen LogP contribution in [0.15, 0.2) is 61.3 Å². The Bertz CT molecular complexity index is 938. The van der Waals surface area contributed by atoms with Crippen LogP contribution in [0, 0.1) is 0 Å². The van der Waals surface area contributed by atoms with Crippen LogP contribution in [0.2, 0.25) is 0 Å². The number of halogens is 2. The number of hydrogen-bond acceptors (Lipinski definition) is 3. The van der Waals surface area contributed by atoms with E-state index in [4.69, 9.17) is 0 Å². The molecular weight excluding hydrogens is 350 g/mol.